The molecule has 0 bridgehead atoms. The van der Waals surface area contributed by atoms with Gasteiger partial charge in [-0.05, 0) is 28.8 Å². The van der Waals surface area contributed by atoms with Gasteiger partial charge in [0.2, 0.25) is 5.91 Å². The molecule has 0 aliphatic carbocycles. The number of carbonyl (C=O) groups is 2. The van der Waals surface area contributed by atoms with E-state index in [9.17, 15) is 18.0 Å². The van der Waals surface area contributed by atoms with Crippen molar-refractivity contribution in [3.8, 4) is 0 Å². The van der Waals surface area contributed by atoms with Gasteiger partial charge in [-0.15, -0.1) is 0 Å². The third-order valence-electron chi connectivity index (χ3n) is 4.21. The third kappa shape index (κ3) is 3.67. The molecule has 1 fully saturated rings. The lowest BCUT2D eigenvalue weighted by Crippen LogP contribution is -2.44. The van der Waals surface area contributed by atoms with Crippen LogP contribution >= 0.6 is 11.3 Å². The number of thiophene rings is 1. The predicted molar refractivity (Wildman–Crippen MR) is 91.4 cm³/mol. The summed E-state index contributed by atoms with van der Waals surface area (Å²) in [6.07, 6.45) is 0.860. The minimum atomic E-state index is -3.11. The van der Waals surface area contributed by atoms with Gasteiger partial charge in [0.25, 0.3) is 5.91 Å². The second kappa shape index (κ2) is 6.64. The molecule has 2 amide bonds. The summed E-state index contributed by atoms with van der Waals surface area (Å²) < 4.78 is 23.3. The van der Waals surface area contributed by atoms with Crippen LogP contribution in [0.15, 0.2) is 21.9 Å². The van der Waals surface area contributed by atoms with Crippen molar-refractivity contribution in [3.63, 3.8) is 0 Å². The zero-order valence-electron chi connectivity index (χ0n) is 13.3. The molecule has 1 saturated heterocycles. The Morgan fingerprint density at radius 3 is 2.88 bits per heavy atom. The smallest absolute Gasteiger partial charge is 0.270 e. The normalized spacial score (nSPS) is 23.2. The van der Waals surface area contributed by atoms with Crippen molar-refractivity contribution in [2.45, 2.75) is 31.8 Å². The number of rotatable bonds is 4. The Morgan fingerprint density at radius 1 is 1.46 bits per heavy atom. The molecule has 2 aliphatic heterocycles. The molecular formula is C15H19N3O4S2. The van der Waals surface area contributed by atoms with E-state index in [1.807, 2.05) is 16.8 Å². The van der Waals surface area contributed by atoms with E-state index in [0.717, 1.165) is 5.56 Å². The quantitative estimate of drug-likeness (QED) is 0.788. The molecule has 7 nitrogen and oxygen atoms in total. The summed E-state index contributed by atoms with van der Waals surface area (Å²) in [6, 6.07) is 1.50. The van der Waals surface area contributed by atoms with Crippen LogP contribution in [0.4, 0.5) is 0 Å². The molecule has 130 valence electrons. The van der Waals surface area contributed by atoms with Crippen molar-refractivity contribution in [1.29, 1.82) is 0 Å². The van der Waals surface area contributed by atoms with Crippen LogP contribution in [0, 0.1) is 0 Å². The summed E-state index contributed by atoms with van der Waals surface area (Å²) in [5.41, 5.74) is 1.36. The highest BCUT2D eigenvalue weighted by molar-refractivity contribution is 7.91. The number of amides is 2. The van der Waals surface area contributed by atoms with E-state index >= 15 is 0 Å². The average Bonchev–Trinajstić information content (AvgIpc) is 3.16. The highest BCUT2D eigenvalue weighted by atomic mass is 32.2. The molecule has 0 N–H and O–H groups in total. The summed E-state index contributed by atoms with van der Waals surface area (Å²) in [6.45, 7) is 0.479. The standard InChI is InChI=1S/C15H19N3O4S2/c1-17(8-11-4-6-23-9-11)15(20)13-2-3-14(19)18(16-13)12-5-7-24(21,22)10-12/h4,6,9,12H,2-3,5,7-8,10H2,1H3. The predicted octanol–water partition coefficient (Wildman–Crippen LogP) is 0.872. The number of sulfone groups is 1. The number of hydrogen-bond acceptors (Lipinski definition) is 6. The molecule has 1 atom stereocenters. The highest BCUT2D eigenvalue weighted by Crippen LogP contribution is 2.22. The topological polar surface area (TPSA) is 87.1 Å². The Balaban J connectivity index is 1.73. The third-order valence-corrected chi connectivity index (χ3v) is 6.69. The average molecular weight is 369 g/mol. The molecule has 9 heteroatoms. The van der Waals surface area contributed by atoms with Gasteiger partial charge < -0.3 is 4.90 Å². The van der Waals surface area contributed by atoms with Crippen LogP contribution in [0.2, 0.25) is 0 Å². The lowest BCUT2D eigenvalue weighted by Gasteiger charge is -2.28. The maximum Gasteiger partial charge on any atom is 0.270 e. The second-order valence-electron chi connectivity index (χ2n) is 6.13. The fourth-order valence-electron chi connectivity index (χ4n) is 2.93. The summed E-state index contributed by atoms with van der Waals surface area (Å²) in [7, 11) is -1.42. The number of hydrazone groups is 1. The molecule has 2 aliphatic rings. The van der Waals surface area contributed by atoms with Crippen LogP contribution in [0.1, 0.15) is 24.8 Å². The van der Waals surface area contributed by atoms with Crippen molar-refractivity contribution in [3.05, 3.63) is 22.4 Å². The van der Waals surface area contributed by atoms with Gasteiger partial charge in [0.15, 0.2) is 9.84 Å². The molecule has 0 aromatic carbocycles. The van der Waals surface area contributed by atoms with Crippen LogP contribution in [0.3, 0.4) is 0 Å². The molecule has 24 heavy (non-hydrogen) atoms. The van der Waals surface area contributed by atoms with Crippen LogP contribution in [0.5, 0.6) is 0 Å². The Kier molecular flexibility index (Phi) is 4.73. The lowest BCUT2D eigenvalue weighted by atomic mass is 10.1. The van der Waals surface area contributed by atoms with Gasteiger partial charge in [0.05, 0.1) is 17.5 Å². The van der Waals surface area contributed by atoms with E-state index in [2.05, 4.69) is 5.10 Å². The molecule has 1 aromatic rings. The Hall–Kier alpha value is -1.74. The van der Waals surface area contributed by atoms with Gasteiger partial charge in [0, 0.05) is 26.4 Å². The fraction of sp³-hybridized carbons (Fsp3) is 0.533. The molecule has 3 rings (SSSR count). The Morgan fingerprint density at radius 2 is 2.25 bits per heavy atom. The first-order valence-corrected chi connectivity index (χ1v) is 10.5. The number of hydrogen-bond donors (Lipinski definition) is 0. The molecular weight excluding hydrogens is 350 g/mol. The second-order valence-corrected chi connectivity index (χ2v) is 9.14. The monoisotopic (exact) mass is 369 g/mol. The van der Waals surface area contributed by atoms with Gasteiger partial charge in [-0.25, -0.2) is 13.4 Å². The highest BCUT2D eigenvalue weighted by Gasteiger charge is 2.37. The molecule has 3 heterocycles. The first-order chi connectivity index (χ1) is 11.4. The lowest BCUT2D eigenvalue weighted by molar-refractivity contribution is -0.134. The van der Waals surface area contributed by atoms with Crippen LogP contribution < -0.4 is 0 Å². The van der Waals surface area contributed by atoms with Crippen molar-refractivity contribution in [2.75, 3.05) is 18.6 Å². The van der Waals surface area contributed by atoms with E-state index in [1.165, 1.54) is 5.01 Å². The molecule has 0 radical (unpaired) electrons. The van der Waals surface area contributed by atoms with Gasteiger partial charge >= 0.3 is 0 Å². The van der Waals surface area contributed by atoms with Gasteiger partial charge in [-0.1, -0.05) is 0 Å². The van der Waals surface area contributed by atoms with E-state index in [0.29, 0.717) is 25.1 Å². The zero-order valence-corrected chi connectivity index (χ0v) is 15.0. The summed E-state index contributed by atoms with van der Waals surface area (Å²) >= 11 is 1.57. The first kappa shape index (κ1) is 17.1. The maximum absolute atomic E-state index is 12.6. The van der Waals surface area contributed by atoms with Crippen LogP contribution in [-0.4, -0.2) is 60.4 Å². The van der Waals surface area contributed by atoms with Gasteiger partial charge in [0.1, 0.15) is 5.71 Å². The summed E-state index contributed by atoms with van der Waals surface area (Å²) in [5.74, 6) is -0.444. The van der Waals surface area contributed by atoms with Gasteiger partial charge in [-0.2, -0.15) is 16.4 Å². The largest absolute Gasteiger partial charge is 0.336 e. The van der Waals surface area contributed by atoms with Crippen LogP contribution in [0.25, 0.3) is 0 Å². The van der Waals surface area contributed by atoms with E-state index in [-0.39, 0.29) is 29.7 Å². The van der Waals surface area contributed by atoms with E-state index < -0.39 is 15.9 Å². The minimum absolute atomic E-state index is 0.0678. The minimum Gasteiger partial charge on any atom is -0.336 e. The van der Waals surface area contributed by atoms with Crippen LogP contribution in [-0.2, 0) is 26.0 Å². The van der Waals surface area contributed by atoms with Crippen molar-refractivity contribution < 1.29 is 18.0 Å². The first-order valence-electron chi connectivity index (χ1n) is 7.72. The van der Waals surface area contributed by atoms with Crippen molar-refractivity contribution in [1.82, 2.24) is 9.91 Å². The summed E-state index contributed by atoms with van der Waals surface area (Å²) in [5, 5.41) is 9.36. The zero-order chi connectivity index (χ0) is 17.3. The molecule has 1 unspecified atom stereocenters. The SMILES string of the molecule is CN(Cc1ccsc1)C(=O)C1=NN(C2CCS(=O)(=O)C2)C(=O)CC1. The fourth-order valence-corrected chi connectivity index (χ4v) is 5.28. The van der Waals surface area contributed by atoms with E-state index in [1.54, 1.807) is 23.3 Å². The maximum atomic E-state index is 12.6. The Labute approximate surface area is 144 Å². The molecule has 0 spiro atoms. The molecule has 0 saturated carbocycles. The van der Waals surface area contributed by atoms with Crippen molar-refractivity contribution in [2.24, 2.45) is 5.10 Å². The Bertz CT molecular complexity index is 771. The number of nitrogens with zero attached hydrogens (tertiary/aromatic N) is 3. The summed E-state index contributed by atoms with van der Waals surface area (Å²) in [4.78, 5) is 26.2. The molecule has 1 aromatic heterocycles. The van der Waals surface area contributed by atoms with Crippen molar-refractivity contribution >= 4 is 38.7 Å². The van der Waals surface area contributed by atoms with Gasteiger partial charge in [-0.3, -0.25) is 9.59 Å². The number of carbonyl (C=O) groups excluding carboxylic acids is 2. The van der Waals surface area contributed by atoms with E-state index in [4.69, 9.17) is 0 Å².